The van der Waals surface area contributed by atoms with Gasteiger partial charge in [0.15, 0.2) is 0 Å². The van der Waals surface area contributed by atoms with Crippen LogP contribution in [0.4, 0.5) is 5.95 Å². The second-order valence-corrected chi connectivity index (χ2v) is 4.63. The van der Waals surface area contributed by atoms with Crippen LogP contribution in [0.5, 0.6) is 5.88 Å². The molecule has 0 radical (unpaired) electrons. The number of nitrogens with zero attached hydrogens (tertiary/aromatic N) is 2. The predicted molar refractivity (Wildman–Crippen MR) is 67.3 cm³/mol. The average molecular weight is 250 g/mol. The van der Waals surface area contributed by atoms with E-state index in [2.05, 4.69) is 15.3 Å². The van der Waals surface area contributed by atoms with Gasteiger partial charge < -0.3 is 10.5 Å². The highest BCUT2D eigenvalue weighted by Gasteiger charge is 2.28. The molecule has 1 aromatic rings. The maximum Gasteiger partial charge on any atom is 0.232 e. The Morgan fingerprint density at radius 2 is 2.28 bits per heavy atom. The van der Waals surface area contributed by atoms with Gasteiger partial charge in [0, 0.05) is 23.7 Å². The van der Waals surface area contributed by atoms with Crippen LogP contribution in [0.3, 0.4) is 0 Å². The monoisotopic (exact) mass is 250 g/mol. The minimum Gasteiger partial charge on any atom is -0.481 e. The number of rotatable bonds is 3. The molecular weight excluding hydrogens is 232 g/mol. The van der Waals surface area contributed by atoms with Crippen molar-refractivity contribution >= 4 is 11.9 Å². The Morgan fingerprint density at radius 3 is 2.89 bits per heavy atom. The maximum atomic E-state index is 12.0. The van der Waals surface area contributed by atoms with Crippen molar-refractivity contribution in [1.82, 2.24) is 9.97 Å². The standard InChI is InChI=1S/C12H18N4O2/c1-7-5-10(18-2)15-12(14-7)16-11(17)8-3-4-9(13)6-8/h5,8-9H,3-4,6,13H2,1-2H3,(H,14,15,16,17). The number of amides is 1. The van der Waals surface area contributed by atoms with Crippen molar-refractivity contribution in [2.75, 3.05) is 12.4 Å². The van der Waals surface area contributed by atoms with Crippen LogP contribution in [0, 0.1) is 12.8 Å². The quantitative estimate of drug-likeness (QED) is 0.830. The molecule has 0 aromatic carbocycles. The lowest BCUT2D eigenvalue weighted by molar-refractivity contribution is -0.119. The number of anilines is 1. The van der Waals surface area contributed by atoms with Crippen molar-refractivity contribution in [2.45, 2.75) is 32.2 Å². The molecule has 1 aromatic heterocycles. The summed E-state index contributed by atoms with van der Waals surface area (Å²) in [5.74, 6) is 0.643. The first-order valence-electron chi connectivity index (χ1n) is 6.04. The van der Waals surface area contributed by atoms with Gasteiger partial charge in [0.1, 0.15) is 0 Å². The molecule has 1 aliphatic rings. The second-order valence-electron chi connectivity index (χ2n) is 4.63. The summed E-state index contributed by atoms with van der Waals surface area (Å²) in [6.45, 7) is 1.82. The third-order valence-corrected chi connectivity index (χ3v) is 3.12. The number of aryl methyl sites for hydroxylation is 1. The number of hydrogen-bond donors (Lipinski definition) is 2. The molecule has 1 heterocycles. The van der Waals surface area contributed by atoms with E-state index in [0.29, 0.717) is 5.88 Å². The van der Waals surface area contributed by atoms with Crippen molar-refractivity contribution in [2.24, 2.45) is 11.7 Å². The number of carbonyl (C=O) groups is 1. The molecule has 0 aliphatic heterocycles. The fraction of sp³-hybridized carbons (Fsp3) is 0.583. The molecule has 2 rings (SSSR count). The number of nitrogens with two attached hydrogens (primary N) is 1. The molecule has 0 bridgehead atoms. The number of nitrogens with one attached hydrogen (secondary N) is 1. The minimum absolute atomic E-state index is 0.0323. The van der Waals surface area contributed by atoms with Crippen LogP contribution in [-0.4, -0.2) is 29.0 Å². The van der Waals surface area contributed by atoms with Crippen LogP contribution < -0.4 is 15.8 Å². The van der Waals surface area contributed by atoms with E-state index in [9.17, 15) is 4.79 Å². The van der Waals surface area contributed by atoms with Gasteiger partial charge >= 0.3 is 0 Å². The van der Waals surface area contributed by atoms with Crippen LogP contribution in [0.15, 0.2) is 6.07 Å². The zero-order chi connectivity index (χ0) is 13.1. The van der Waals surface area contributed by atoms with Crippen molar-refractivity contribution in [3.05, 3.63) is 11.8 Å². The molecule has 2 atom stereocenters. The first-order valence-corrected chi connectivity index (χ1v) is 6.04. The molecule has 0 saturated heterocycles. The topological polar surface area (TPSA) is 90.1 Å². The number of ether oxygens (including phenoxy) is 1. The molecule has 1 aliphatic carbocycles. The zero-order valence-corrected chi connectivity index (χ0v) is 10.6. The highest BCUT2D eigenvalue weighted by Crippen LogP contribution is 2.25. The Labute approximate surface area is 106 Å². The summed E-state index contributed by atoms with van der Waals surface area (Å²) < 4.78 is 5.04. The van der Waals surface area contributed by atoms with Crippen molar-refractivity contribution < 1.29 is 9.53 Å². The molecule has 1 saturated carbocycles. The summed E-state index contributed by atoms with van der Waals surface area (Å²) in [7, 11) is 1.53. The molecule has 0 spiro atoms. The van der Waals surface area contributed by atoms with Crippen LogP contribution >= 0.6 is 0 Å². The lowest BCUT2D eigenvalue weighted by Crippen LogP contribution is -2.24. The third kappa shape index (κ3) is 2.95. The Kier molecular flexibility index (Phi) is 3.76. The summed E-state index contributed by atoms with van der Waals surface area (Å²) in [6.07, 6.45) is 2.46. The van der Waals surface area contributed by atoms with E-state index in [1.54, 1.807) is 6.07 Å². The smallest absolute Gasteiger partial charge is 0.232 e. The van der Waals surface area contributed by atoms with Gasteiger partial charge in [-0.15, -0.1) is 0 Å². The Hall–Kier alpha value is -1.69. The largest absolute Gasteiger partial charge is 0.481 e. The van der Waals surface area contributed by atoms with Crippen molar-refractivity contribution in [1.29, 1.82) is 0 Å². The van der Waals surface area contributed by atoms with Crippen molar-refractivity contribution in [3.63, 3.8) is 0 Å². The van der Waals surface area contributed by atoms with E-state index in [1.807, 2.05) is 6.92 Å². The van der Waals surface area contributed by atoms with Crippen LogP contribution in [0.1, 0.15) is 25.0 Å². The molecule has 18 heavy (non-hydrogen) atoms. The Balaban J connectivity index is 2.04. The molecule has 2 unspecified atom stereocenters. The van der Waals surface area contributed by atoms with Gasteiger partial charge in [-0.3, -0.25) is 10.1 Å². The van der Waals surface area contributed by atoms with E-state index in [-0.39, 0.29) is 23.8 Å². The van der Waals surface area contributed by atoms with Crippen LogP contribution in [0.2, 0.25) is 0 Å². The summed E-state index contributed by atoms with van der Waals surface area (Å²) >= 11 is 0. The SMILES string of the molecule is COc1cc(C)nc(NC(=O)C2CCC(N)C2)n1. The van der Waals surface area contributed by atoms with Crippen LogP contribution in [0.25, 0.3) is 0 Å². The normalized spacial score (nSPS) is 22.8. The summed E-state index contributed by atoms with van der Waals surface area (Å²) in [5.41, 5.74) is 6.55. The van der Waals surface area contributed by atoms with E-state index < -0.39 is 0 Å². The highest BCUT2D eigenvalue weighted by molar-refractivity contribution is 5.91. The first-order chi connectivity index (χ1) is 8.58. The molecular formula is C12H18N4O2. The third-order valence-electron chi connectivity index (χ3n) is 3.12. The molecule has 3 N–H and O–H groups in total. The van der Waals surface area contributed by atoms with E-state index in [4.69, 9.17) is 10.5 Å². The molecule has 1 amide bonds. The van der Waals surface area contributed by atoms with Gasteiger partial charge in [-0.1, -0.05) is 0 Å². The van der Waals surface area contributed by atoms with Gasteiger partial charge in [0.2, 0.25) is 17.7 Å². The number of carbonyl (C=O) groups excluding carboxylic acids is 1. The zero-order valence-electron chi connectivity index (χ0n) is 10.6. The molecule has 98 valence electrons. The fourth-order valence-corrected chi connectivity index (χ4v) is 2.17. The average Bonchev–Trinajstić information content (AvgIpc) is 2.75. The first kappa shape index (κ1) is 12.8. The molecule has 1 fully saturated rings. The van der Waals surface area contributed by atoms with Gasteiger partial charge in [-0.2, -0.15) is 4.98 Å². The summed E-state index contributed by atoms with van der Waals surface area (Å²) in [4.78, 5) is 20.2. The van der Waals surface area contributed by atoms with E-state index >= 15 is 0 Å². The summed E-state index contributed by atoms with van der Waals surface area (Å²) in [5, 5.41) is 2.72. The lowest BCUT2D eigenvalue weighted by Gasteiger charge is -2.10. The van der Waals surface area contributed by atoms with Crippen molar-refractivity contribution in [3.8, 4) is 5.88 Å². The van der Waals surface area contributed by atoms with E-state index in [1.165, 1.54) is 7.11 Å². The van der Waals surface area contributed by atoms with E-state index in [0.717, 1.165) is 25.0 Å². The number of hydrogen-bond acceptors (Lipinski definition) is 5. The highest BCUT2D eigenvalue weighted by atomic mass is 16.5. The van der Waals surface area contributed by atoms with Gasteiger partial charge in [0.25, 0.3) is 0 Å². The minimum atomic E-state index is -0.0596. The predicted octanol–water partition coefficient (Wildman–Crippen LogP) is 0.860. The number of aromatic nitrogens is 2. The van der Waals surface area contributed by atoms with Gasteiger partial charge in [0.05, 0.1) is 7.11 Å². The lowest BCUT2D eigenvalue weighted by atomic mass is 10.1. The van der Waals surface area contributed by atoms with Gasteiger partial charge in [-0.05, 0) is 26.2 Å². The van der Waals surface area contributed by atoms with Crippen LogP contribution in [-0.2, 0) is 4.79 Å². The fourth-order valence-electron chi connectivity index (χ4n) is 2.17. The molecule has 6 nitrogen and oxygen atoms in total. The second kappa shape index (κ2) is 5.30. The Morgan fingerprint density at radius 1 is 1.50 bits per heavy atom. The maximum absolute atomic E-state index is 12.0. The number of methoxy groups -OCH3 is 1. The Bertz CT molecular complexity index is 450. The van der Waals surface area contributed by atoms with Gasteiger partial charge in [-0.25, -0.2) is 4.98 Å². The molecule has 6 heteroatoms. The summed E-state index contributed by atoms with van der Waals surface area (Å²) in [6, 6.07) is 1.84.